The third kappa shape index (κ3) is 7.60. The molecule has 1 aliphatic heterocycles. The molecule has 1 atom stereocenters. The molecule has 1 saturated heterocycles. The van der Waals surface area contributed by atoms with Crippen molar-refractivity contribution in [1.29, 1.82) is 0 Å². The van der Waals surface area contributed by atoms with E-state index >= 15 is 0 Å². The summed E-state index contributed by atoms with van der Waals surface area (Å²) in [6.07, 6.45) is 7.77. The number of alkyl halides is 1. The second-order valence-corrected chi connectivity index (χ2v) is 4.73. The highest BCUT2D eigenvalue weighted by molar-refractivity contribution is 9.09. The summed E-state index contributed by atoms with van der Waals surface area (Å²) in [5.74, 6) is 0. The lowest BCUT2D eigenvalue weighted by Gasteiger charge is -2.21. The van der Waals surface area contributed by atoms with Crippen LogP contribution in [0.25, 0.3) is 0 Å². The summed E-state index contributed by atoms with van der Waals surface area (Å²) >= 11 is 3.37. The Morgan fingerprint density at radius 3 is 3.06 bits per heavy atom. The first-order valence-corrected chi connectivity index (χ1v) is 7.26. The number of ether oxygens (including phenoxy) is 2. The van der Waals surface area contributed by atoms with Crippen LogP contribution in [0.2, 0.25) is 0 Å². The van der Waals surface area contributed by atoms with Gasteiger partial charge in [0.05, 0.1) is 6.10 Å². The topological polar surface area (TPSA) is 47.6 Å². The molecule has 1 amide bonds. The fourth-order valence-electron chi connectivity index (χ4n) is 1.52. The molecule has 1 rings (SSSR count). The summed E-state index contributed by atoms with van der Waals surface area (Å²) < 4.78 is 10.4. The maximum absolute atomic E-state index is 11.3. The Morgan fingerprint density at radius 1 is 1.47 bits per heavy atom. The van der Waals surface area contributed by atoms with Gasteiger partial charge in [0, 0.05) is 24.9 Å². The van der Waals surface area contributed by atoms with Gasteiger partial charge >= 0.3 is 6.09 Å². The van der Waals surface area contributed by atoms with Crippen LogP contribution in [0.5, 0.6) is 0 Å². The van der Waals surface area contributed by atoms with Gasteiger partial charge in [-0.2, -0.15) is 0 Å². The average molecular weight is 306 g/mol. The van der Waals surface area contributed by atoms with Gasteiger partial charge in [0.15, 0.2) is 0 Å². The SMILES string of the molecule is O=C(NCCCCCBr)OCC1[C]CCCO1. The van der Waals surface area contributed by atoms with Crippen molar-refractivity contribution in [2.75, 3.05) is 25.1 Å². The van der Waals surface area contributed by atoms with Gasteiger partial charge in [0.2, 0.25) is 0 Å². The largest absolute Gasteiger partial charge is 0.447 e. The van der Waals surface area contributed by atoms with E-state index < -0.39 is 0 Å². The minimum atomic E-state index is -0.361. The van der Waals surface area contributed by atoms with Crippen molar-refractivity contribution in [2.24, 2.45) is 0 Å². The van der Waals surface area contributed by atoms with Crippen LogP contribution >= 0.6 is 15.9 Å². The Morgan fingerprint density at radius 2 is 2.35 bits per heavy atom. The van der Waals surface area contributed by atoms with Crippen LogP contribution in [0, 0.1) is 6.42 Å². The molecule has 2 radical (unpaired) electrons. The van der Waals surface area contributed by atoms with Crippen molar-refractivity contribution in [2.45, 2.75) is 38.2 Å². The molecule has 1 unspecified atom stereocenters. The summed E-state index contributed by atoms with van der Waals surface area (Å²) in [4.78, 5) is 11.3. The van der Waals surface area contributed by atoms with E-state index in [9.17, 15) is 4.79 Å². The van der Waals surface area contributed by atoms with Crippen molar-refractivity contribution in [3.63, 3.8) is 0 Å². The Kier molecular flexibility index (Phi) is 8.44. The van der Waals surface area contributed by atoms with Crippen molar-refractivity contribution >= 4 is 22.0 Å². The minimum absolute atomic E-state index is 0.150. The van der Waals surface area contributed by atoms with E-state index in [2.05, 4.69) is 27.7 Å². The number of hydrogen-bond acceptors (Lipinski definition) is 3. The molecule has 1 heterocycles. The fraction of sp³-hybridized carbons (Fsp3) is 0.833. The highest BCUT2D eigenvalue weighted by atomic mass is 79.9. The second-order valence-electron chi connectivity index (χ2n) is 3.94. The highest BCUT2D eigenvalue weighted by Crippen LogP contribution is 2.11. The molecular weight excluding hydrogens is 286 g/mol. The lowest BCUT2D eigenvalue weighted by atomic mass is 10.1. The van der Waals surface area contributed by atoms with Gasteiger partial charge in [0.1, 0.15) is 6.61 Å². The van der Waals surface area contributed by atoms with E-state index in [-0.39, 0.29) is 18.8 Å². The molecule has 5 heteroatoms. The number of amides is 1. The number of halogens is 1. The van der Waals surface area contributed by atoms with E-state index in [1.54, 1.807) is 0 Å². The first kappa shape index (κ1) is 14.8. The Balaban J connectivity index is 1.93. The number of rotatable bonds is 7. The predicted octanol–water partition coefficient (Wildman–Crippen LogP) is 2.54. The van der Waals surface area contributed by atoms with E-state index in [0.29, 0.717) is 6.54 Å². The molecule has 0 aliphatic carbocycles. The maximum atomic E-state index is 11.3. The molecular formula is C12H20BrNO3. The molecule has 0 spiro atoms. The van der Waals surface area contributed by atoms with Gasteiger partial charge in [-0.1, -0.05) is 22.4 Å². The molecule has 1 aliphatic rings. The minimum Gasteiger partial charge on any atom is -0.447 e. The average Bonchev–Trinajstić information content (AvgIpc) is 2.37. The number of hydrogen-bond donors (Lipinski definition) is 1. The first-order valence-electron chi connectivity index (χ1n) is 6.14. The molecule has 1 fully saturated rings. The molecule has 17 heavy (non-hydrogen) atoms. The highest BCUT2D eigenvalue weighted by Gasteiger charge is 2.16. The number of alkyl carbamates (subject to hydrolysis) is 1. The van der Waals surface area contributed by atoms with Crippen LogP contribution in [0.3, 0.4) is 0 Å². The molecule has 98 valence electrons. The monoisotopic (exact) mass is 305 g/mol. The van der Waals surface area contributed by atoms with Gasteiger partial charge in [-0.05, 0) is 25.7 Å². The van der Waals surface area contributed by atoms with Crippen molar-refractivity contribution < 1.29 is 14.3 Å². The second kappa shape index (κ2) is 9.71. The van der Waals surface area contributed by atoms with Gasteiger partial charge in [-0.25, -0.2) is 4.79 Å². The van der Waals surface area contributed by atoms with Crippen LogP contribution < -0.4 is 5.32 Å². The van der Waals surface area contributed by atoms with Crippen molar-refractivity contribution in [1.82, 2.24) is 5.32 Å². The van der Waals surface area contributed by atoms with Crippen molar-refractivity contribution in [3.05, 3.63) is 6.42 Å². The summed E-state index contributed by atoms with van der Waals surface area (Å²) in [6.45, 7) is 1.67. The lowest BCUT2D eigenvalue weighted by molar-refractivity contribution is 0.00516. The maximum Gasteiger partial charge on any atom is 0.407 e. The smallest absolute Gasteiger partial charge is 0.407 e. The third-order valence-electron chi connectivity index (χ3n) is 2.46. The van der Waals surface area contributed by atoms with Crippen LogP contribution in [-0.2, 0) is 9.47 Å². The molecule has 0 aromatic rings. The first-order chi connectivity index (χ1) is 8.33. The molecule has 1 N–H and O–H groups in total. The zero-order chi connectivity index (χ0) is 12.3. The normalized spacial score (nSPS) is 19.9. The van der Waals surface area contributed by atoms with Gasteiger partial charge in [0.25, 0.3) is 0 Å². The van der Waals surface area contributed by atoms with Crippen LogP contribution in [-0.4, -0.2) is 37.3 Å². The Bertz CT molecular complexity index is 208. The molecule has 0 aromatic heterocycles. The summed E-state index contributed by atoms with van der Waals surface area (Å²) in [5, 5.41) is 3.74. The van der Waals surface area contributed by atoms with E-state index in [0.717, 1.165) is 44.0 Å². The number of carbonyl (C=O) groups is 1. The van der Waals surface area contributed by atoms with Crippen LogP contribution in [0.1, 0.15) is 32.1 Å². The van der Waals surface area contributed by atoms with Crippen LogP contribution in [0.4, 0.5) is 4.79 Å². The zero-order valence-corrected chi connectivity index (χ0v) is 11.6. The fourth-order valence-corrected chi connectivity index (χ4v) is 1.91. The molecule has 0 bridgehead atoms. The number of carbonyl (C=O) groups excluding carboxylic acids is 1. The molecule has 0 aromatic carbocycles. The molecule has 4 nitrogen and oxygen atoms in total. The standard InChI is InChI=1S/C12H20BrNO3/c13-7-3-1-4-8-14-12(15)17-10-11-6-2-5-9-16-11/h11H,1-5,7-10H2,(H,14,15). The quantitative estimate of drug-likeness (QED) is 0.581. The summed E-state index contributed by atoms with van der Waals surface area (Å²) in [6, 6.07) is 0. The number of unbranched alkanes of at least 4 members (excludes halogenated alkanes) is 2. The lowest BCUT2D eigenvalue weighted by Crippen LogP contribution is -2.31. The predicted molar refractivity (Wildman–Crippen MR) is 69.2 cm³/mol. The van der Waals surface area contributed by atoms with E-state index in [1.807, 2.05) is 0 Å². The summed E-state index contributed by atoms with van der Waals surface area (Å²) in [5.41, 5.74) is 0. The Hall–Kier alpha value is -0.290. The van der Waals surface area contributed by atoms with E-state index in [1.165, 1.54) is 0 Å². The van der Waals surface area contributed by atoms with Gasteiger partial charge in [-0.15, -0.1) is 0 Å². The van der Waals surface area contributed by atoms with E-state index in [4.69, 9.17) is 9.47 Å². The third-order valence-corrected chi connectivity index (χ3v) is 3.02. The van der Waals surface area contributed by atoms with Crippen LogP contribution in [0.15, 0.2) is 0 Å². The van der Waals surface area contributed by atoms with Crippen molar-refractivity contribution in [3.8, 4) is 0 Å². The number of nitrogens with one attached hydrogen (secondary N) is 1. The Labute approximate surface area is 112 Å². The molecule has 0 saturated carbocycles. The van der Waals surface area contributed by atoms with Gasteiger partial charge in [-0.3, -0.25) is 0 Å². The zero-order valence-electron chi connectivity index (χ0n) is 10.0. The van der Waals surface area contributed by atoms with Gasteiger partial charge < -0.3 is 14.8 Å². The summed E-state index contributed by atoms with van der Waals surface area (Å²) in [7, 11) is 0.